The highest BCUT2D eigenvalue weighted by molar-refractivity contribution is 9.10. The van der Waals surface area contributed by atoms with Crippen molar-refractivity contribution in [2.45, 2.75) is 39.8 Å². The van der Waals surface area contributed by atoms with Gasteiger partial charge in [0.25, 0.3) is 0 Å². The number of nitrogens with one attached hydrogen (secondary N) is 1. The highest BCUT2D eigenvalue weighted by Crippen LogP contribution is 2.30. The van der Waals surface area contributed by atoms with Crippen LogP contribution in [0.15, 0.2) is 22.7 Å². The standard InChI is InChI=1S/C15H18BrFN2S/c1-9-13(8-18-15(2,3)4)20-14(19-9)10-5-11(16)7-12(17)6-10/h5-7,18H,8H2,1-4H3. The molecule has 0 unspecified atom stereocenters. The summed E-state index contributed by atoms with van der Waals surface area (Å²) in [5.74, 6) is -0.253. The van der Waals surface area contributed by atoms with Gasteiger partial charge in [-0.05, 0) is 45.9 Å². The summed E-state index contributed by atoms with van der Waals surface area (Å²) >= 11 is 4.93. The lowest BCUT2D eigenvalue weighted by molar-refractivity contribution is 0.425. The molecule has 0 aliphatic heterocycles. The van der Waals surface area contributed by atoms with Crippen LogP contribution in [0.1, 0.15) is 31.3 Å². The van der Waals surface area contributed by atoms with Gasteiger partial charge in [0, 0.05) is 27.0 Å². The molecule has 0 bridgehead atoms. The van der Waals surface area contributed by atoms with E-state index in [0.29, 0.717) is 0 Å². The molecule has 0 fully saturated rings. The van der Waals surface area contributed by atoms with Gasteiger partial charge in [-0.25, -0.2) is 9.37 Å². The topological polar surface area (TPSA) is 24.9 Å². The molecule has 0 aliphatic carbocycles. The van der Waals surface area contributed by atoms with Crippen LogP contribution in [0.2, 0.25) is 0 Å². The molecule has 0 aliphatic rings. The Hall–Kier alpha value is -0.780. The van der Waals surface area contributed by atoms with Gasteiger partial charge in [0.15, 0.2) is 0 Å². The second-order valence-electron chi connectivity index (χ2n) is 5.79. The molecular formula is C15H18BrFN2S. The molecule has 2 aromatic rings. The molecule has 5 heteroatoms. The molecule has 20 heavy (non-hydrogen) atoms. The summed E-state index contributed by atoms with van der Waals surface area (Å²) in [5.41, 5.74) is 1.88. The van der Waals surface area contributed by atoms with Gasteiger partial charge in [-0.3, -0.25) is 0 Å². The van der Waals surface area contributed by atoms with Gasteiger partial charge in [0.05, 0.1) is 5.69 Å². The fraction of sp³-hybridized carbons (Fsp3) is 0.400. The second-order valence-corrected chi connectivity index (χ2v) is 7.79. The third kappa shape index (κ3) is 4.11. The Kier molecular flexibility index (Phi) is 4.62. The van der Waals surface area contributed by atoms with Crippen LogP contribution < -0.4 is 5.32 Å². The summed E-state index contributed by atoms with van der Waals surface area (Å²) in [6.07, 6.45) is 0. The molecule has 0 amide bonds. The largest absolute Gasteiger partial charge is 0.307 e. The maximum Gasteiger partial charge on any atom is 0.125 e. The predicted octanol–water partition coefficient (Wildman–Crippen LogP) is 4.91. The van der Waals surface area contributed by atoms with E-state index in [4.69, 9.17) is 0 Å². The summed E-state index contributed by atoms with van der Waals surface area (Å²) in [7, 11) is 0. The van der Waals surface area contributed by atoms with Gasteiger partial charge in [-0.15, -0.1) is 11.3 Å². The predicted molar refractivity (Wildman–Crippen MR) is 86.5 cm³/mol. The molecule has 0 spiro atoms. The normalized spacial score (nSPS) is 11.9. The van der Waals surface area contributed by atoms with Crippen molar-refractivity contribution in [1.82, 2.24) is 10.3 Å². The lowest BCUT2D eigenvalue weighted by Gasteiger charge is -2.19. The third-order valence-electron chi connectivity index (χ3n) is 2.78. The summed E-state index contributed by atoms with van der Waals surface area (Å²) in [6.45, 7) is 9.17. The number of hydrogen-bond acceptors (Lipinski definition) is 3. The molecule has 1 aromatic heterocycles. The zero-order chi connectivity index (χ0) is 14.9. The van der Waals surface area contributed by atoms with Crippen molar-refractivity contribution in [3.63, 3.8) is 0 Å². The Bertz CT molecular complexity index is 597. The molecule has 1 N–H and O–H groups in total. The Morgan fingerprint density at radius 1 is 1.30 bits per heavy atom. The summed E-state index contributed by atoms with van der Waals surface area (Å²) < 4.78 is 14.2. The fourth-order valence-electron chi connectivity index (χ4n) is 1.74. The molecule has 1 heterocycles. The average molecular weight is 357 g/mol. The van der Waals surface area contributed by atoms with Crippen molar-refractivity contribution in [3.05, 3.63) is 39.1 Å². The Morgan fingerprint density at radius 2 is 2.00 bits per heavy atom. The van der Waals surface area contributed by atoms with Crippen molar-refractivity contribution >= 4 is 27.3 Å². The molecule has 2 rings (SSSR count). The van der Waals surface area contributed by atoms with Gasteiger partial charge < -0.3 is 5.32 Å². The van der Waals surface area contributed by atoms with Gasteiger partial charge in [0.2, 0.25) is 0 Å². The lowest BCUT2D eigenvalue weighted by Crippen LogP contribution is -2.34. The van der Waals surface area contributed by atoms with Crippen molar-refractivity contribution < 1.29 is 4.39 Å². The van der Waals surface area contributed by atoms with Crippen LogP contribution in [-0.4, -0.2) is 10.5 Å². The van der Waals surface area contributed by atoms with Crippen molar-refractivity contribution in [2.24, 2.45) is 0 Å². The third-order valence-corrected chi connectivity index (χ3v) is 4.45. The number of aromatic nitrogens is 1. The summed E-state index contributed by atoms with van der Waals surface area (Å²) in [6, 6.07) is 4.86. The number of benzene rings is 1. The molecular weight excluding hydrogens is 339 g/mol. The van der Waals surface area contributed by atoms with Gasteiger partial charge >= 0.3 is 0 Å². The lowest BCUT2D eigenvalue weighted by atomic mass is 10.1. The maximum absolute atomic E-state index is 13.5. The van der Waals surface area contributed by atoms with E-state index in [1.165, 1.54) is 17.0 Å². The van der Waals surface area contributed by atoms with Gasteiger partial charge in [0.1, 0.15) is 10.8 Å². The van der Waals surface area contributed by atoms with Crippen LogP contribution in [0.3, 0.4) is 0 Å². The average Bonchev–Trinajstić information content (AvgIpc) is 2.66. The van der Waals surface area contributed by atoms with E-state index in [-0.39, 0.29) is 11.4 Å². The first kappa shape index (κ1) is 15.6. The number of aryl methyl sites for hydroxylation is 1. The van der Waals surface area contributed by atoms with E-state index in [1.54, 1.807) is 11.3 Å². The number of halogens is 2. The highest BCUT2D eigenvalue weighted by Gasteiger charge is 2.14. The van der Waals surface area contributed by atoms with Crippen LogP contribution in [0.4, 0.5) is 4.39 Å². The van der Waals surface area contributed by atoms with Crippen molar-refractivity contribution in [1.29, 1.82) is 0 Å². The molecule has 0 saturated heterocycles. The van der Waals surface area contributed by atoms with Crippen LogP contribution in [0, 0.1) is 12.7 Å². The molecule has 0 saturated carbocycles. The molecule has 108 valence electrons. The van der Waals surface area contributed by atoms with E-state index in [0.717, 1.165) is 27.3 Å². The van der Waals surface area contributed by atoms with Crippen LogP contribution in [-0.2, 0) is 6.54 Å². The first-order valence-corrected chi connectivity index (χ1v) is 8.03. The van der Waals surface area contributed by atoms with E-state index >= 15 is 0 Å². The van der Waals surface area contributed by atoms with E-state index in [1.807, 2.05) is 13.0 Å². The first-order chi connectivity index (χ1) is 9.24. The first-order valence-electron chi connectivity index (χ1n) is 6.42. The summed E-state index contributed by atoms with van der Waals surface area (Å²) in [5, 5.41) is 4.31. The van der Waals surface area contributed by atoms with E-state index < -0.39 is 0 Å². The number of hydrogen-bond donors (Lipinski definition) is 1. The van der Waals surface area contributed by atoms with E-state index in [2.05, 4.69) is 47.0 Å². The monoisotopic (exact) mass is 356 g/mol. The Morgan fingerprint density at radius 3 is 2.60 bits per heavy atom. The van der Waals surface area contributed by atoms with Crippen molar-refractivity contribution in [2.75, 3.05) is 0 Å². The Labute approximate surface area is 131 Å². The SMILES string of the molecule is Cc1nc(-c2cc(F)cc(Br)c2)sc1CNC(C)(C)C. The smallest absolute Gasteiger partial charge is 0.125 e. The maximum atomic E-state index is 13.5. The number of nitrogens with zero attached hydrogens (tertiary/aromatic N) is 1. The summed E-state index contributed by atoms with van der Waals surface area (Å²) in [4.78, 5) is 5.74. The Balaban J connectivity index is 2.26. The minimum absolute atomic E-state index is 0.0679. The van der Waals surface area contributed by atoms with Crippen LogP contribution >= 0.6 is 27.3 Å². The number of rotatable bonds is 3. The quantitative estimate of drug-likeness (QED) is 0.844. The second kappa shape index (κ2) is 5.92. The minimum Gasteiger partial charge on any atom is -0.307 e. The van der Waals surface area contributed by atoms with E-state index in [9.17, 15) is 4.39 Å². The zero-order valence-electron chi connectivity index (χ0n) is 12.1. The highest BCUT2D eigenvalue weighted by atomic mass is 79.9. The van der Waals surface area contributed by atoms with Gasteiger partial charge in [-0.1, -0.05) is 15.9 Å². The molecule has 2 nitrogen and oxygen atoms in total. The van der Waals surface area contributed by atoms with Crippen molar-refractivity contribution in [3.8, 4) is 10.6 Å². The minimum atomic E-state index is -0.253. The van der Waals surface area contributed by atoms with Crippen LogP contribution in [0.25, 0.3) is 10.6 Å². The molecule has 1 aromatic carbocycles. The molecule has 0 atom stereocenters. The number of thiazole rings is 1. The molecule has 0 radical (unpaired) electrons. The zero-order valence-corrected chi connectivity index (χ0v) is 14.5. The van der Waals surface area contributed by atoms with Crippen LogP contribution in [0.5, 0.6) is 0 Å². The fourth-order valence-corrected chi connectivity index (χ4v) is 3.19. The van der Waals surface area contributed by atoms with Gasteiger partial charge in [-0.2, -0.15) is 0 Å².